The molecular formula is C18H24N2O. The summed E-state index contributed by atoms with van der Waals surface area (Å²) < 4.78 is 5.13. The number of aromatic nitrogens is 1. The maximum atomic E-state index is 5.13. The Morgan fingerprint density at radius 3 is 2.33 bits per heavy atom. The van der Waals surface area contributed by atoms with Crippen LogP contribution in [0.4, 0.5) is 0 Å². The van der Waals surface area contributed by atoms with Crippen molar-refractivity contribution in [2.24, 2.45) is 0 Å². The zero-order chi connectivity index (χ0) is 14.9. The van der Waals surface area contributed by atoms with Crippen LogP contribution in [-0.4, -0.2) is 25.2 Å². The molecule has 1 unspecified atom stereocenters. The number of hydrogen-bond acceptors (Lipinski definition) is 3. The van der Waals surface area contributed by atoms with E-state index >= 15 is 0 Å². The van der Waals surface area contributed by atoms with Crippen LogP contribution < -0.4 is 5.32 Å². The van der Waals surface area contributed by atoms with Gasteiger partial charge in [0, 0.05) is 19.5 Å². The number of benzene rings is 1. The van der Waals surface area contributed by atoms with Gasteiger partial charge in [0.05, 0.1) is 12.6 Å². The van der Waals surface area contributed by atoms with Gasteiger partial charge < -0.3 is 10.1 Å². The highest BCUT2D eigenvalue weighted by Gasteiger charge is 2.12. The molecule has 21 heavy (non-hydrogen) atoms. The van der Waals surface area contributed by atoms with Crippen LogP contribution in [0.2, 0.25) is 0 Å². The number of rotatable bonds is 8. The normalized spacial score (nSPS) is 12.3. The number of nitrogens with zero attached hydrogens (tertiary/aromatic N) is 1. The van der Waals surface area contributed by atoms with Crippen LogP contribution in [0.1, 0.15) is 36.1 Å². The standard InChI is InChI=1S/C18H24N2O/c1-3-11-20-18(17-8-12-19-13-9-17)16-6-4-15(5-7-16)10-14-21-2/h4-9,12-13,18,20H,3,10-11,14H2,1-2H3. The highest BCUT2D eigenvalue weighted by atomic mass is 16.5. The fourth-order valence-corrected chi connectivity index (χ4v) is 2.37. The van der Waals surface area contributed by atoms with E-state index in [4.69, 9.17) is 4.74 Å². The first-order chi connectivity index (χ1) is 10.3. The Balaban J connectivity index is 2.16. The molecule has 112 valence electrons. The summed E-state index contributed by atoms with van der Waals surface area (Å²) in [6.07, 6.45) is 5.78. The van der Waals surface area contributed by atoms with Gasteiger partial charge >= 0.3 is 0 Å². The first-order valence-electron chi connectivity index (χ1n) is 7.56. The molecule has 0 aliphatic carbocycles. The van der Waals surface area contributed by atoms with Crippen LogP contribution in [0.3, 0.4) is 0 Å². The van der Waals surface area contributed by atoms with Crippen molar-refractivity contribution >= 4 is 0 Å². The zero-order valence-corrected chi connectivity index (χ0v) is 12.9. The molecule has 1 atom stereocenters. The third kappa shape index (κ3) is 4.66. The van der Waals surface area contributed by atoms with E-state index in [0.29, 0.717) is 0 Å². The fraction of sp³-hybridized carbons (Fsp3) is 0.389. The van der Waals surface area contributed by atoms with Crippen molar-refractivity contribution in [1.82, 2.24) is 10.3 Å². The summed E-state index contributed by atoms with van der Waals surface area (Å²) in [4.78, 5) is 4.11. The van der Waals surface area contributed by atoms with Crippen LogP contribution >= 0.6 is 0 Å². The molecule has 3 heteroatoms. The lowest BCUT2D eigenvalue weighted by Crippen LogP contribution is -2.23. The molecule has 0 aliphatic rings. The van der Waals surface area contributed by atoms with Gasteiger partial charge in [-0.25, -0.2) is 0 Å². The summed E-state index contributed by atoms with van der Waals surface area (Å²) in [6, 6.07) is 13.2. The number of nitrogens with one attached hydrogen (secondary N) is 1. The summed E-state index contributed by atoms with van der Waals surface area (Å²) in [5, 5.41) is 3.61. The number of ether oxygens (including phenoxy) is 1. The molecular weight excluding hydrogens is 260 g/mol. The van der Waals surface area contributed by atoms with E-state index in [0.717, 1.165) is 26.0 Å². The Kier molecular flexibility index (Phi) is 6.38. The van der Waals surface area contributed by atoms with Crippen LogP contribution in [0.25, 0.3) is 0 Å². The van der Waals surface area contributed by atoms with E-state index in [1.54, 1.807) is 7.11 Å². The second-order valence-corrected chi connectivity index (χ2v) is 5.15. The number of hydrogen-bond donors (Lipinski definition) is 1. The van der Waals surface area contributed by atoms with E-state index < -0.39 is 0 Å². The molecule has 2 rings (SSSR count). The summed E-state index contributed by atoms with van der Waals surface area (Å²) >= 11 is 0. The van der Waals surface area contributed by atoms with Gasteiger partial charge in [-0.2, -0.15) is 0 Å². The molecule has 1 aromatic heterocycles. The van der Waals surface area contributed by atoms with Gasteiger partial charge in [0.2, 0.25) is 0 Å². The highest BCUT2D eigenvalue weighted by Crippen LogP contribution is 2.22. The summed E-state index contributed by atoms with van der Waals surface area (Å²) in [7, 11) is 1.74. The van der Waals surface area contributed by atoms with Crippen molar-refractivity contribution in [1.29, 1.82) is 0 Å². The summed E-state index contributed by atoms with van der Waals surface area (Å²) in [6.45, 7) is 3.95. The lowest BCUT2D eigenvalue weighted by atomic mass is 9.98. The van der Waals surface area contributed by atoms with Crippen LogP contribution in [0.15, 0.2) is 48.8 Å². The van der Waals surface area contributed by atoms with Crippen molar-refractivity contribution in [3.05, 3.63) is 65.5 Å². The first kappa shape index (κ1) is 15.7. The Morgan fingerprint density at radius 1 is 1.05 bits per heavy atom. The highest BCUT2D eigenvalue weighted by molar-refractivity contribution is 5.32. The number of methoxy groups -OCH3 is 1. The van der Waals surface area contributed by atoms with Crippen molar-refractivity contribution < 1.29 is 4.74 Å². The van der Waals surface area contributed by atoms with E-state index in [-0.39, 0.29) is 6.04 Å². The molecule has 2 aromatic rings. The second-order valence-electron chi connectivity index (χ2n) is 5.15. The van der Waals surface area contributed by atoms with Crippen molar-refractivity contribution in [3.8, 4) is 0 Å². The van der Waals surface area contributed by atoms with Gasteiger partial charge in [-0.1, -0.05) is 31.2 Å². The topological polar surface area (TPSA) is 34.2 Å². The van der Waals surface area contributed by atoms with E-state index in [9.17, 15) is 0 Å². The first-order valence-corrected chi connectivity index (χ1v) is 7.56. The molecule has 1 N–H and O–H groups in total. The average molecular weight is 284 g/mol. The molecule has 1 heterocycles. The van der Waals surface area contributed by atoms with Gasteiger partial charge in [0.1, 0.15) is 0 Å². The van der Waals surface area contributed by atoms with Crippen LogP contribution in [0.5, 0.6) is 0 Å². The maximum Gasteiger partial charge on any atom is 0.0577 e. The molecule has 1 aromatic carbocycles. The zero-order valence-electron chi connectivity index (χ0n) is 12.9. The minimum absolute atomic E-state index is 0.226. The molecule has 0 saturated heterocycles. The molecule has 0 radical (unpaired) electrons. The summed E-state index contributed by atoms with van der Waals surface area (Å²) in [5.41, 5.74) is 3.85. The predicted molar refractivity (Wildman–Crippen MR) is 86.4 cm³/mol. The van der Waals surface area contributed by atoms with Crippen molar-refractivity contribution in [2.75, 3.05) is 20.3 Å². The third-order valence-electron chi connectivity index (χ3n) is 3.55. The molecule has 0 spiro atoms. The van der Waals surface area contributed by atoms with Gasteiger partial charge in [0.15, 0.2) is 0 Å². The minimum Gasteiger partial charge on any atom is -0.384 e. The second kappa shape index (κ2) is 8.55. The molecule has 3 nitrogen and oxygen atoms in total. The quantitative estimate of drug-likeness (QED) is 0.807. The van der Waals surface area contributed by atoms with Gasteiger partial charge in [0.25, 0.3) is 0 Å². The third-order valence-corrected chi connectivity index (χ3v) is 3.55. The van der Waals surface area contributed by atoms with E-state index in [1.807, 2.05) is 12.4 Å². The van der Waals surface area contributed by atoms with Crippen molar-refractivity contribution in [3.63, 3.8) is 0 Å². The predicted octanol–water partition coefficient (Wildman–Crippen LogP) is 3.36. The monoisotopic (exact) mass is 284 g/mol. The largest absolute Gasteiger partial charge is 0.384 e. The van der Waals surface area contributed by atoms with E-state index in [1.165, 1.54) is 16.7 Å². The lowest BCUT2D eigenvalue weighted by Gasteiger charge is -2.19. The fourth-order valence-electron chi connectivity index (χ4n) is 2.37. The SMILES string of the molecule is CCCNC(c1ccncc1)c1ccc(CCOC)cc1. The van der Waals surface area contributed by atoms with Gasteiger partial charge in [-0.3, -0.25) is 4.98 Å². The molecule has 0 saturated carbocycles. The van der Waals surface area contributed by atoms with Crippen LogP contribution in [-0.2, 0) is 11.2 Å². The Labute approximate surface area is 127 Å². The minimum atomic E-state index is 0.226. The van der Waals surface area contributed by atoms with Gasteiger partial charge in [-0.15, -0.1) is 0 Å². The molecule has 0 aliphatic heterocycles. The molecule has 0 bridgehead atoms. The van der Waals surface area contributed by atoms with Gasteiger partial charge in [-0.05, 0) is 48.2 Å². The molecule has 0 fully saturated rings. The molecule has 0 amide bonds. The summed E-state index contributed by atoms with van der Waals surface area (Å²) in [5.74, 6) is 0. The Bertz CT molecular complexity index is 511. The van der Waals surface area contributed by atoms with Crippen LogP contribution in [0, 0.1) is 0 Å². The number of pyridine rings is 1. The lowest BCUT2D eigenvalue weighted by molar-refractivity contribution is 0.202. The average Bonchev–Trinajstić information content (AvgIpc) is 2.55. The smallest absolute Gasteiger partial charge is 0.0577 e. The van der Waals surface area contributed by atoms with E-state index in [2.05, 4.69) is 53.6 Å². The van der Waals surface area contributed by atoms with Crippen molar-refractivity contribution in [2.45, 2.75) is 25.8 Å². The maximum absolute atomic E-state index is 5.13. The Morgan fingerprint density at radius 2 is 1.71 bits per heavy atom. The Hall–Kier alpha value is -1.71.